The van der Waals surface area contributed by atoms with Crippen LogP contribution < -0.4 is 10.2 Å². The Morgan fingerprint density at radius 2 is 1.91 bits per heavy atom. The van der Waals surface area contributed by atoms with E-state index in [1.165, 1.54) is 53.6 Å². The van der Waals surface area contributed by atoms with Crippen LogP contribution in [0, 0.1) is 6.92 Å². The molecule has 6 nitrogen and oxygen atoms in total. The fourth-order valence-electron chi connectivity index (χ4n) is 3.15. The van der Waals surface area contributed by atoms with E-state index >= 15 is 0 Å². The average molecular weight is 508 g/mol. The van der Waals surface area contributed by atoms with Crippen molar-refractivity contribution in [3.63, 3.8) is 0 Å². The summed E-state index contributed by atoms with van der Waals surface area (Å²) in [6, 6.07) is 9.29. The summed E-state index contributed by atoms with van der Waals surface area (Å²) in [5, 5.41) is 9.62. The molecule has 34 heavy (non-hydrogen) atoms. The Morgan fingerprint density at radius 3 is 2.59 bits per heavy atom. The van der Waals surface area contributed by atoms with Crippen molar-refractivity contribution in [2.24, 2.45) is 0 Å². The van der Waals surface area contributed by atoms with Crippen molar-refractivity contribution in [1.82, 2.24) is 4.98 Å². The molecule has 0 atom stereocenters. The third kappa shape index (κ3) is 5.10. The van der Waals surface area contributed by atoms with E-state index in [1.807, 2.05) is 6.92 Å². The highest BCUT2D eigenvalue weighted by atomic mass is 32.2. The van der Waals surface area contributed by atoms with Crippen LogP contribution in [0.15, 0.2) is 62.8 Å². The van der Waals surface area contributed by atoms with E-state index in [2.05, 4.69) is 4.98 Å². The molecule has 0 fully saturated rings. The van der Waals surface area contributed by atoms with Gasteiger partial charge in [0.2, 0.25) is 0 Å². The van der Waals surface area contributed by atoms with E-state index in [0.717, 1.165) is 22.7 Å². The van der Waals surface area contributed by atoms with E-state index in [1.54, 1.807) is 6.07 Å². The molecule has 0 spiro atoms. The summed E-state index contributed by atoms with van der Waals surface area (Å²) in [6.07, 6.45) is -3.14. The number of aliphatic carboxylic acids is 1. The van der Waals surface area contributed by atoms with Crippen LogP contribution in [0.25, 0.3) is 21.5 Å². The number of halogens is 3. The van der Waals surface area contributed by atoms with Crippen LogP contribution >= 0.6 is 23.1 Å². The van der Waals surface area contributed by atoms with Crippen molar-refractivity contribution in [3.05, 3.63) is 75.1 Å². The summed E-state index contributed by atoms with van der Waals surface area (Å²) in [7, 11) is 0. The number of benzene rings is 2. The lowest BCUT2D eigenvalue weighted by atomic mass is 10.1. The van der Waals surface area contributed by atoms with Crippen LogP contribution in [0.3, 0.4) is 0 Å². The topological polar surface area (TPSA) is 89.6 Å². The SMILES string of the molecule is Cc1nc(-c2ccc(C(F)(F)F)cc2)sc1CSc1ccc(OCC(=O)O)c2c(=O)ccoc12. The molecule has 0 aliphatic heterocycles. The minimum absolute atomic E-state index is 0.120. The van der Waals surface area contributed by atoms with Crippen molar-refractivity contribution < 1.29 is 32.2 Å². The molecular weight excluding hydrogens is 491 g/mol. The van der Waals surface area contributed by atoms with E-state index in [4.69, 9.17) is 14.3 Å². The van der Waals surface area contributed by atoms with Crippen LogP contribution in [-0.2, 0) is 16.7 Å². The molecule has 0 bridgehead atoms. The second-order valence-electron chi connectivity index (χ2n) is 7.12. The zero-order chi connectivity index (χ0) is 24.5. The smallest absolute Gasteiger partial charge is 0.416 e. The van der Waals surface area contributed by atoms with Crippen molar-refractivity contribution in [2.45, 2.75) is 23.7 Å². The maximum Gasteiger partial charge on any atom is 0.416 e. The molecule has 2 aromatic heterocycles. The zero-order valence-corrected chi connectivity index (χ0v) is 19.1. The zero-order valence-electron chi connectivity index (χ0n) is 17.5. The second kappa shape index (κ2) is 9.51. The number of nitrogens with zero attached hydrogens (tertiary/aromatic N) is 1. The Hall–Kier alpha value is -3.31. The first-order valence-electron chi connectivity index (χ1n) is 9.79. The van der Waals surface area contributed by atoms with Crippen LogP contribution in [0.4, 0.5) is 13.2 Å². The second-order valence-corrected chi connectivity index (χ2v) is 9.23. The summed E-state index contributed by atoms with van der Waals surface area (Å²) < 4.78 is 49.2. The number of alkyl halides is 3. The molecule has 0 unspecified atom stereocenters. The quantitative estimate of drug-likeness (QED) is 0.307. The van der Waals surface area contributed by atoms with Crippen LogP contribution in [0.1, 0.15) is 16.1 Å². The Morgan fingerprint density at radius 1 is 1.18 bits per heavy atom. The van der Waals surface area contributed by atoms with Gasteiger partial charge in [0.15, 0.2) is 17.6 Å². The van der Waals surface area contributed by atoms with Gasteiger partial charge in [-0.1, -0.05) is 12.1 Å². The van der Waals surface area contributed by atoms with E-state index in [-0.39, 0.29) is 22.1 Å². The summed E-state index contributed by atoms with van der Waals surface area (Å²) in [6.45, 7) is 1.23. The Labute approximate surface area is 199 Å². The fourth-order valence-corrected chi connectivity index (χ4v) is 5.36. The van der Waals surface area contributed by atoms with Gasteiger partial charge in [0.1, 0.15) is 16.1 Å². The third-order valence-corrected chi connectivity index (χ3v) is 7.25. The van der Waals surface area contributed by atoms with Gasteiger partial charge in [0.25, 0.3) is 0 Å². The van der Waals surface area contributed by atoms with E-state index < -0.39 is 24.3 Å². The molecule has 4 rings (SSSR count). The first kappa shape index (κ1) is 23.8. The minimum Gasteiger partial charge on any atom is -0.481 e. The number of rotatable bonds is 7. The molecule has 2 aromatic carbocycles. The number of carbonyl (C=O) groups is 1. The van der Waals surface area contributed by atoms with Crippen molar-refractivity contribution in [1.29, 1.82) is 0 Å². The number of carboxylic acids is 1. The third-order valence-electron chi connectivity index (χ3n) is 4.80. The van der Waals surface area contributed by atoms with E-state index in [0.29, 0.717) is 21.2 Å². The van der Waals surface area contributed by atoms with Crippen molar-refractivity contribution >= 4 is 40.0 Å². The normalized spacial score (nSPS) is 11.6. The number of hydrogen-bond donors (Lipinski definition) is 1. The maximum absolute atomic E-state index is 12.8. The highest BCUT2D eigenvalue weighted by Gasteiger charge is 2.30. The Balaban J connectivity index is 1.57. The number of aromatic nitrogens is 1. The number of fused-ring (bicyclic) bond motifs is 1. The van der Waals surface area contributed by atoms with Gasteiger partial charge >= 0.3 is 12.1 Å². The molecule has 1 N–H and O–H groups in total. The molecule has 0 aliphatic carbocycles. The van der Waals surface area contributed by atoms with Gasteiger partial charge < -0.3 is 14.3 Å². The van der Waals surface area contributed by atoms with Crippen LogP contribution in [-0.4, -0.2) is 22.7 Å². The molecule has 0 radical (unpaired) electrons. The largest absolute Gasteiger partial charge is 0.481 e. The van der Waals surface area contributed by atoms with Gasteiger partial charge in [-0.3, -0.25) is 4.79 Å². The van der Waals surface area contributed by atoms with Gasteiger partial charge in [-0.05, 0) is 31.2 Å². The van der Waals surface area contributed by atoms with Crippen molar-refractivity contribution in [2.75, 3.05) is 6.61 Å². The Bertz CT molecular complexity index is 1410. The predicted molar refractivity (Wildman–Crippen MR) is 122 cm³/mol. The van der Waals surface area contributed by atoms with Crippen LogP contribution in [0.2, 0.25) is 0 Å². The molecule has 0 saturated heterocycles. The molecule has 11 heteroatoms. The molecule has 0 amide bonds. The first-order valence-corrected chi connectivity index (χ1v) is 11.6. The molecule has 0 aliphatic rings. The lowest BCUT2D eigenvalue weighted by molar-refractivity contribution is -0.139. The minimum atomic E-state index is -4.40. The standard InChI is InChI=1S/C23H16F3NO5S2/c1-12-18(34-22(27-12)13-2-4-14(5-3-13)23(24,25)26)11-33-17-7-6-16(32-10-19(29)30)20-15(28)8-9-31-21(17)20/h2-9H,10-11H2,1H3,(H,29,30). The fraction of sp³-hybridized carbons (Fsp3) is 0.174. The number of thioether (sulfide) groups is 1. The predicted octanol–water partition coefficient (Wildman–Crippen LogP) is 6.00. The lowest BCUT2D eigenvalue weighted by Gasteiger charge is -2.09. The van der Waals surface area contributed by atoms with Crippen LogP contribution in [0.5, 0.6) is 5.75 Å². The van der Waals surface area contributed by atoms with Crippen molar-refractivity contribution in [3.8, 4) is 16.3 Å². The molecule has 0 saturated carbocycles. The van der Waals surface area contributed by atoms with E-state index in [9.17, 15) is 22.8 Å². The average Bonchev–Trinajstić information content (AvgIpc) is 3.16. The van der Waals surface area contributed by atoms with Gasteiger partial charge in [-0.25, -0.2) is 9.78 Å². The number of carboxylic acid groups (broad SMARTS) is 1. The summed E-state index contributed by atoms with van der Waals surface area (Å²) in [5.74, 6) is -0.571. The number of thiazole rings is 1. The molecular formula is C23H16F3NO5S2. The lowest BCUT2D eigenvalue weighted by Crippen LogP contribution is -2.11. The molecule has 2 heterocycles. The summed E-state index contributed by atoms with van der Waals surface area (Å²) in [4.78, 5) is 29.3. The summed E-state index contributed by atoms with van der Waals surface area (Å²) >= 11 is 2.76. The number of hydrogen-bond acceptors (Lipinski definition) is 7. The first-order chi connectivity index (χ1) is 16.1. The Kier molecular flexibility index (Phi) is 6.67. The number of aryl methyl sites for hydroxylation is 1. The maximum atomic E-state index is 12.8. The van der Waals surface area contributed by atoms with Gasteiger partial charge in [0, 0.05) is 22.3 Å². The highest BCUT2D eigenvalue weighted by Crippen LogP contribution is 2.37. The number of ether oxygens (including phenoxy) is 1. The summed E-state index contributed by atoms with van der Waals surface area (Å²) in [5.41, 5.74) is 0.547. The van der Waals surface area contributed by atoms with Gasteiger partial charge in [0.05, 0.1) is 22.4 Å². The monoisotopic (exact) mass is 507 g/mol. The van der Waals surface area contributed by atoms with Gasteiger partial charge in [-0.15, -0.1) is 23.1 Å². The van der Waals surface area contributed by atoms with Gasteiger partial charge in [-0.2, -0.15) is 13.2 Å². The molecule has 176 valence electrons. The molecule has 4 aromatic rings. The highest BCUT2D eigenvalue weighted by molar-refractivity contribution is 7.98.